The minimum absolute atomic E-state index is 0.170. The Balaban J connectivity index is 2.41. The predicted octanol–water partition coefficient (Wildman–Crippen LogP) is 2.00. The van der Waals surface area contributed by atoms with Gasteiger partial charge in [0, 0.05) is 12.5 Å². The number of anilines is 2. The molecule has 0 spiro atoms. The van der Waals surface area contributed by atoms with Crippen LogP contribution in [0, 0.1) is 5.92 Å². The van der Waals surface area contributed by atoms with E-state index in [0.29, 0.717) is 18.5 Å². The lowest BCUT2D eigenvalue weighted by molar-refractivity contribution is 0.171. The fraction of sp³-hybridized carbons (Fsp3) is 0.429. The molecule has 0 amide bonds. The summed E-state index contributed by atoms with van der Waals surface area (Å²) in [4.78, 5) is 8.74. The lowest BCUT2D eigenvalue weighted by atomic mass is 10.1. The van der Waals surface area contributed by atoms with Crippen molar-refractivity contribution in [3.63, 3.8) is 0 Å². The van der Waals surface area contributed by atoms with Gasteiger partial charge >= 0.3 is 0 Å². The number of fused-ring (bicyclic) bond motifs is 1. The molecule has 1 aromatic heterocycles. The van der Waals surface area contributed by atoms with Gasteiger partial charge in [-0.05, 0) is 18.1 Å². The molecular weight excluding hydrogens is 254 g/mol. The number of benzene rings is 1. The molecule has 1 heterocycles. The third-order valence-corrected chi connectivity index (χ3v) is 3.21. The maximum absolute atomic E-state index is 5.43. The van der Waals surface area contributed by atoms with E-state index in [9.17, 15) is 0 Å². The van der Waals surface area contributed by atoms with Gasteiger partial charge in [0.25, 0.3) is 0 Å². The van der Waals surface area contributed by atoms with E-state index in [0.717, 1.165) is 16.7 Å². The van der Waals surface area contributed by atoms with Crippen LogP contribution in [0.25, 0.3) is 10.9 Å². The van der Waals surface area contributed by atoms with Crippen LogP contribution < -0.4 is 16.6 Å². The van der Waals surface area contributed by atoms with Gasteiger partial charge in [0.15, 0.2) is 0 Å². The van der Waals surface area contributed by atoms with E-state index in [-0.39, 0.29) is 6.04 Å². The number of hydrogen-bond donors (Lipinski definition) is 3. The first-order valence-electron chi connectivity index (χ1n) is 6.64. The highest BCUT2D eigenvalue weighted by atomic mass is 16.5. The average Bonchev–Trinajstić information content (AvgIpc) is 2.46. The standard InChI is InChI=1S/C14H21N5O/c1-9(2)12(8-20-3)16-13-10-6-4-5-7-11(10)17-14(18-13)19-15/h4-7,9,12H,8,15H2,1-3H3,(H2,16,17,18,19). The molecule has 1 atom stereocenters. The monoisotopic (exact) mass is 275 g/mol. The second-order valence-corrected chi connectivity index (χ2v) is 5.01. The van der Waals surface area contributed by atoms with Gasteiger partial charge in [-0.3, -0.25) is 5.43 Å². The van der Waals surface area contributed by atoms with Crippen LogP contribution in [0.1, 0.15) is 13.8 Å². The Morgan fingerprint density at radius 1 is 1.25 bits per heavy atom. The summed E-state index contributed by atoms with van der Waals surface area (Å²) < 4.78 is 5.26. The number of methoxy groups -OCH3 is 1. The molecule has 0 aliphatic carbocycles. The van der Waals surface area contributed by atoms with Crippen LogP contribution in [0.3, 0.4) is 0 Å². The van der Waals surface area contributed by atoms with E-state index in [4.69, 9.17) is 10.6 Å². The Kier molecular flexibility index (Phi) is 4.70. The SMILES string of the molecule is COCC(Nc1nc(NN)nc2ccccc12)C(C)C. The van der Waals surface area contributed by atoms with Crippen molar-refractivity contribution in [2.45, 2.75) is 19.9 Å². The number of hydrazine groups is 1. The number of nitrogens with zero attached hydrogens (tertiary/aromatic N) is 2. The second kappa shape index (κ2) is 6.49. The number of hydrogen-bond acceptors (Lipinski definition) is 6. The van der Waals surface area contributed by atoms with Gasteiger partial charge in [0.1, 0.15) is 5.82 Å². The fourth-order valence-electron chi connectivity index (χ4n) is 2.01. The molecule has 0 aliphatic rings. The summed E-state index contributed by atoms with van der Waals surface area (Å²) in [5.41, 5.74) is 3.35. The molecule has 0 bridgehead atoms. The number of nitrogens with one attached hydrogen (secondary N) is 2. The maximum atomic E-state index is 5.43. The van der Waals surface area contributed by atoms with Crippen LogP contribution in [-0.2, 0) is 4.74 Å². The third kappa shape index (κ3) is 3.15. The Bertz CT molecular complexity index is 572. The van der Waals surface area contributed by atoms with Crippen LogP contribution in [0.5, 0.6) is 0 Å². The minimum Gasteiger partial charge on any atom is -0.383 e. The second-order valence-electron chi connectivity index (χ2n) is 5.01. The van der Waals surface area contributed by atoms with Gasteiger partial charge in [-0.25, -0.2) is 10.8 Å². The number of nitrogens with two attached hydrogens (primary N) is 1. The summed E-state index contributed by atoms with van der Waals surface area (Å²) >= 11 is 0. The zero-order chi connectivity index (χ0) is 14.5. The Morgan fingerprint density at radius 3 is 2.65 bits per heavy atom. The number of rotatable bonds is 6. The Hall–Kier alpha value is -1.92. The van der Waals surface area contributed by atoms with Crippen LogP contribution in [-0.4, -0.2) is 29.7 Å². The Morgan fingerprint density at radius 2 is 2.00 bits per heavy atom. The van der Waals surface area contributed by atoms with Crippen LogP contribution in [0.15, 0.2) is 24.3 Å². The van der Waals surface area contributed by atoms with Gasteiger partial charge in [-0.2, -0.15) is 4.98 Å². The van der Waals surface area contributed by atoms with Crippen molar-refractivity contribution < 1.29 is 4.74 Å². The third-order valence-electron chi connectivity index (χ3n) is 3.21. The van der Waals surface area contributed by atoms with Gasteiger partial charge in [0.2, 0.25) is 5.95 Å². The molecule has 108 valence electrons. The molecule has 1 unspecified atom stereocenters. The molecule has 1 aromatic carbocycles. The molecule has 2 rings (SSSR count). The highest BCUT2D eigenvalue weighted by molar-refractivity contribution is 5.90. The Labute approximate surface area is 118 Å². The predicted molar refractivity (Wildman–Crippen MR) is 81.5 cm³/mol. The largest absolute Gasteiger partial charge is 0.383 e. The van der Waals surface area contributed by atoms with Gasteiger partial charge in [-0.15, -0.1) is 0 Å². The summed E-state index contributed by atoms with van der Waals surface area (Å²) in [6.45, 7) is 4.89. The fourth-order valence-corrected chi connectivity index (χ4v) is 2.01. The van der Waals surface area contributed by atoms with Crippen molar-refractivity contribution >= 4 is 22.7 Å². The van der Waals surface area contributed by atoms with Gasteiger partial charge in [0.05, 0.1) is 18.2 Å². The average molecular weight is 275 g/mol. The van der Waals surface area contributed by atoms with Gasteiger partial charge in [-0.1, -0.05) is 26.0 Å². The van der Waals surface area contributed by atoms with Crippen molar-refractivity contribution in [3.05, 3.63) is 24.3 Å². The van der Waals surface area contributed by atoms with Crippen LogP contribution in [0.4, 0.5) is 11.8 Å². The van der Waals surface area contributed by atoms with E-state index < -0.39 is 0 Å². The smallest absolute Gasteiger partial charge is 0.239 e. The minimum atomic E-state index is 0.170. The summed E-state index contributed by atoms with van der Waals surface area (Å²) in [5.74, 6) is 7.00. The molecule has 4 N–H and O–H groups in total. The quantitative estimate of drug-likeness (QED) is 0.552. The summed E-state index contributed by atoms with van der Waals surface area (Å²) in [5, 5.41) is 4.39. The maximum Gasteiger partial charge on any atom is 0.239 e. The number of ether oxygens (including phenoxy) is 1. The lowest BCUT2D eigenvalue weighted by Crippen LogP contribution is -2.31. The van der Waals surface area contributed by atoms with Crippen molar-refractivity contribution in [3.8, 4) is 0 Å². The van der Waals surface area contributed by atoms with E-state index in [2.05, 4.69) is 34.6 Å². The molecule has 6 heteroatoms. The molecule has 20 heavy (non-hydrogen) atoms. The van der Waals surface area contributed by atoms with Crippen LogP contribution in [0.2, 0.25) is 0 Å². The first kappa shape index (κ1) is 14.5. The first-order chi connectivity index (χ1) is 9.65. The molecule has 2 aromatic rings. The van der Waals surface area contributed by atoms with Crippen LogP contribution >= 0.6 is 0 Å². The first-order valence-corrected chi connectivity index (χ1v) is 6.64. The molecular formula is C14H21N5O. The van der Waals surface area contributed by atoms with Crippen molar-refractivity contribution in [2.75, 3.05) is 24.5 Å². The topological polar surface area (TPSA) is 85.1 Å². The van der Waals surface area contributed by atoms with E-state index in [1.807, 2.05) is 24.3 Å². The molecule has 0 fully saturated rings. The molecule has 0 saturated carbocycles. The van der Waals surface area contributed by atoms with Crippen molar-refractivity contribution in [1.29, 1.82) is 0 Å². The molecule has 0 radical (unpaired) electrons. The summed E-state index contributed by atoms with van der Waals surface area (Å²) in [6, 6.07) is 8.00. The highest BCUT2D eigenvalue weighted by Crippen LogP contribution is 2.23. The number of aromatic nitrogens is 2. The van der Waals surface area contributed by atoms with E-state index >= 15 is 0 Å². The number of para-hydroxylation sites is 1. The zero-order valence-corrected chi connectivity index (χ0v) is 12.1. The van der Waals surface area contributed by atoms with E-state index in [1.54, 1.807) is 7.11 Å². The normalized spacial score (nSPS) is 12.7. The van der Waals surface area contributed by atoms with Crippen molar-refractivity contribution in [2.24, 2.45) is 11.8 Å². The van der Waals surface area contributed by atoms with Crippen molar-refractivity contribution in [1.82, 2.24) is 9.97 Å². The summed E-state index contributed by atoms with van der Waals surface area (Å²) in [6.07, 6.45) is 0. The summed E-state index contributed by atoms with van der Waals surface area (Å²) in [7, 11) is 1.70. The number of nitrogen functional groups attached to an aromatic ring is 1. The molecule has 0 aliphatic heterocycles. The lowest BCUT2D eigenvalue weighted by Gasteiger charge is -2.23. The molecule has 6 nitrogen and oxygen atoms in total. The zero-order valence-electron chi connectivity index (χ0n) is 12.1. The van der Waals surface area contributed by atoms with Gasteiger partial charge < -0.3 is 10.1 Å². The van der Waals surface area contributed by atoms with E-state index in [1.165, 1.54) is 0 Å². The molecule has 0 saturated heterocycles. The highest BCUT2D eigenvalue weighted by Gasteiger charge is 2.16.